The van der Waals surface area contributed by atoms with Crippen molar-refractivity contribution in [2.75, 3.05) is 54.1 Å². The second-order valence-corrected chi connectivity index (χ2v) is 7.96. The van der Waals surface area contributed by atoms with E-state index in [-0.39, 0.29) is 6.10 Å². The molecule has 0 aromatic heterocycles. The van der Waals surface area contributed by atoms with Crippen LogP contribution in [-0.4, -0.2) is 70.0 Å². The van der Waals surface area contributed by atoms with Crippen LogP contribution in [-0.2, 0) is 13.0 Å². The molecule has 6 nitrogen and oxygen atoms in total. The number of aryl methyl sites for hydroxylation is 1. The van der Waals surface area contributed by atoms with E-state index in [1.165, 1.54) is 5.56 Å². The summed E-state index contributed by atoms with van der Waals surface area (Å²) < 4.78 is 22.8. The maximum absolute atomic E-state index is 6.24. The number of fused-ring (bicyclic) bond motifs is 1. The van der Waals surface area contributed by atoms with E-state index in [0.29, 0.717) is 11.5 Å². The number of ether oxygens (including phenoxy) is 4. The molecule has 1 fully saturated rings. The number of benzene rings is 2. The molecule has 2 aliphatic rings. The van der Waals surface area contributed by atoms with E-state index in [4.69, 9.17) is 18.9 Å². The van der Waals surface area contributed by atoms with Crippen LogP contribution in [0.1, 0.15) is 17.5 Å². The first-order valence-electron chi connectivity index (χ1n) is 10.7. The molecule has 30 heavy (non-hydrogen) atoms. The van der Waals surface area contributed by atoms with Crippen LogP contribution < -0.4 is 18.9 Å². The zero-order valence-corrected chi connectivity index (χ0v) is 18.2. The summed E-state index contributed by atoms with van der Waals surface area (Å²) in [7, 11) is 4.97. The molecule has 2 aromatic carbocycles. The highest BCUT2D eigenvalue weighted by molar-refractivity contribution is 5.55. The van der Waals surface area contributed by atoms with Crippen molar-refractivity contribution in [1.82, 2.24) is 9.80 Å². The molecule has 0 amide bonds. The molecule has 2 aliphatic heterocycles. The first kappa shape index (κ1) is 20.8. The van der Waals surface area contributed by atoms with Crippen molar-refractivity contribution in [3.05, 3.63) is 47.5 Å². The number of rotatable bonds is 7. The Morgan fingerprint density at radius 3 is 2.33 bits per heavy atom. The monoisotopic (exact) mass is 412 g/mol. The Balaban J connectivity index is 1.31. The minimum Gasteiger partial charge on any atom is -0.493 e. The largest absolute Gasteiger partial charge is 0.493 e. The van der Waals surface area contributed by atoms with E-state index in [0.717, 1.165) is 69.2 Å². The van der Waals surface area contributed by atoms with Crippen LogP contribution in [0, 0.1) is 0 Å². The van der Waals surface area contributed by atoms with Gasteiger partial charge >= 0.3 is 0 Å². The third kappa shape index (κ3) is 4.50. The number of methoxy groups -OCH3 is 3. The van der Waals surface area contributed by atoms with Gasteiger partial charge in [0, 0.05) is 44.8 Å². The maximum atomic E-state index is 6.24. The van der Waals surface area contributed by atoms with Crippen molar-refractivity contribution < 1.29 is 18.9 Å². The topological polar surface area (TPSA) is 43.4 Å². The highest BCUT2D eigenvalue weighted by Crippen LogP contribution is 2.40. The quantitative estimate of drug-likeness (QED) is 0.696. The van der Waals surface area contributed by atoms with Gasteiger partial charge < -0.3 is 18.9 Å². The lowest BCUT2D eigenvalue weighted by atomic mass is 10.0. The normalized spacial score (nSPS) is 19.6. The second kappa shape index (κ2) is 9.58. The van der Waals surface area contributed by atoms with Gasteiger partial charge in [0.05, 0.1) is 21.3 Å². The summed E-state index contributed by atoms with van der Waals surface area (Å²) >= 11 is 0. The number of nitrogens with zero attached hydrogens (tertiary/aromatic N) is 2. The molecule has 1 saturated heterocycles. The van der Waals surface area contributed by atoms with Crippen LogP contribution in [0.3, 0.4) is 0 Å². The zero-order chi connectivity index (χ0) is 20.9. The number of para-hydroxylation sites is 1. The van der Waals surface area contributed by atoms with Crippen LogP contribution in [0.15, 0.2) is 36.4 Å². The van der Waals surface area contributed by atoms with Gasteiger partial charge in [-0.3, -0.25) is 9.80 Å². The number of piperazine rings is 1. The molecule has 0 radical (unpaired) electrons. The molecule has 6 heteroatoms. The Hall–Kier alpha value is -2.44. The summed E-state index contributed by atoms with van der Waals surface area (Å²) in [6, 6.07) is 12.4. The van der Waals surface area contributed by atoms with Gasteiger partial charge in [-0.1, -0.05) is 24.3 Å². The summed E-state index contributed by atoms with van der Waals surface area (Å²) in [6.45, 7) is 6.00. The third-order valence-electron chi connectivity index (χ3n) is 6.11. The minimum atomic E-state index is 0.289. The van der Waals surface area contributed by atoms with Gasteiger partial charge in [0.25, 0.3) is 0 Å². The molecule has 0 saturated carbocycles. The maximum Gasteiger partial charge on any atom is 0.203 e. The van der Waals surface area contributed by atoms with Crippen LogP contribution in [0.25, 0.3) is 0 Å². The Morgan fingerprint density at radius 2 is 1.60 bits per heavy atom. The summed E-state index contributed by atoms with van der Waals surface area (Å²) in [4.78, 5) is 5.00. The summed E-state index contributed by atoms with van der Waals surface area (Å²) in [5.41, 5.74) is 2.46. The van der Waals surface area contributed by atoms with Gasteiger partial charge in [-0.25, -0.2) is 0 Å². The second-order valence-electron chi connectivity index (χ2n) is 7.96. The smallest absolute Gasteiger partial charge is 0.203 e. The first-order chi connectivity index (χ1) is 14.7. The molecule has 1 atom stereocenters. The molecule has 0 spiro atoms. The van der Waals surface area contributed by atoms with Gasteiger partial charge in [-0.05, 0) is 30.5 Å². The summed E-state index contributed by atoms with van der Waals surface area (Å²) in [5.74, 6) is 3.17. The van der Waals surface area contributed by atoms with Gasteiger partial charge in [0.2, 0.25) is 5.75 Å². The van der Waals surface area contributed by atoms with Crippen LogP contribution in [0.2, 0.25) is 0 Å². The Morgan fingerprint density at radius 1 is 0.867 bits per heavy atom. The highest BCUT2D eigenvalue weighted by Gasteiger charge is 2.25. The predicted octanol–water partition coefficient (Wildman–Crippen LogP) is 3.22. The average molecular weight is 413 g/mol. The minimum absolute atomic E-state index is 0.289. The molecular weight excluding hydrogens is 380 g/mol. The third-order valence-corrected chi connectivity index (χ3v) is 6.11. The highest BCUT2D eigenvalue weighted by atomic mass is 16.5. The summed E-state index contributed by atoms with van der Waals surface area (Å²) in [5, 5.41) is 0. The van der Waals surface area contributed by atoms with E-state index in [1.54, 1.807) is 21.3 Å². The van der Waals surface area contributed by atoms with Gasteiger partial charge in [0.15, 0.2) is 11.5 Å². The van der Waals surface area contributed by atoms with E-state index >= 15 is 0 Å². The number of hydrogen-bond acceptors (Lipinski definition) is 6. The van der Waals surface area contributed by atoms with E-state index < -0.39 is 0 Å². The van der Waals surface area contributed by atoms with Crippen LogP contribution in [0.5, 0.6) is 23.0 Å². The van der Waals surface area contributed by atoms with E-state index in [9.17, 15) is 0 Å². The molecule has 4 rings (SSSR count). The zero-order valence-electron chi connectivity index (χ0n) is 18.2. The van der Waals surface area contributed by atoms with Crippen molar-refractivity contribution in [1.29, 1.82) is 0 Å². The Labute approximate surface area is 179 Å². The molecule has 0 N–H and O–H groups in total. The lowest BCUT2D eigenvalue weighted by molar-refractivity contribution is 0.0719. The van der Waals surface area contributed by atoms with Gasteiger partial charge in [-0.2, -0.15) is 0 Å². The fraction of sp³-hybridized carbons (Fsp3) is 0.500. The fourth-order valence-electron chi connectivity index (χ4n) is 4.46. The Kier molecular flexibility index (Phi) is 6.65. The van der Waals surface area contributed by atoms with Gasteiger partial charge in [0.1, 0.15) is 11.9 Å². The SMILES string of the molecule is COc1ccc(CN2CCN(CC3CCc4ccccc4O3)CC2)c(OC)c1OC. The van der Waals surface area contributed by atoms with Crippen molar-refractivity contribution in [2.24, 2.45) is 0 Å². The van der Waals surface area contributed by atoms with Crippen LogP contribution >= 0.6 is 0 Å². The molecule has 2 aromatic rings. The lowest BCUT2D eigenvalue weighted by Gasteiger charge is -2.37. The molecule has 2 heterocycles. The fourth-order valence-corrected chi connectivity index (χ4v) is 4.46. The number of hydrogen-bond donors (Lipinski definition) is 0. The molecule has 162 valence electrons. The first-order valence-corrected chi connectivity index (χ1v) is 10.7. The van der Waals surface area contributed by atoms with E-state index in [2.05, 4.69) is 40.1 Å². The standard InChI is InChI=1S/C24H32N2O4/c1-27-22-11-9-19(23(28-2)24(22)29-3)16-25-12-14-26(15-13-25)17-20-10-8-18-6-4-5-7-21(18)30-20/h4-7,9,11,20H,8,10,12-17H2,1-3H3. The van der Waals surface area contributed by atoms with Crippen molar-refractivity contribution in [3.8, 4) is 23.0 Å². The summed E-state index contributed by atoms with van der Waals surface area (Å²) in [6.07, 6.45) is 2.50. The molecular formula is C24H32N2O4. The van der Waals surface area contributed by atoms with Crippen molar-refractivity contribution >= 4 is 0 Å². The van der Waals surface area contributed by atoms with Crippen LogP contribution in [0.4, 0.5) is 0 Å². The molecule has 0 aliphatic carbocycles. The van der Waals surface area contributed by atoms with Crippen molar-refractivity contribution in [3.63, 3.8) is 0 Å². The molecule has 0 bridgehead atoms. The Bertz CT molecular complexity index is 849. The lowest BCUT2D eigenvalue weighted by Crippen LogP contribution is -2.49. The average Bonchev–Trinajstić information content (AvgIpc) is 2.79. The molecule has 1 unspecified atom stereocenters. The van der Waals surface area contributed by atoms with Gasteiger partial charge in [-0.15, -0.1) is 0 Å². The van der Waals surface area contributed by atoms with Crippen molar-refractivity contribution in [2.45, 2.75) is 25.5 Å². The predicted molar refractivity (Wildman–Crippen MR) is 117 cm³/mol. The van der Waals surface area contributed by atoms with E-state index in [1.807, 2.05) is 6.07 Å².